The Morgan fingerprint density at radius 2 is 2.42 bits per heavy atom. The van der Waals surface area contributed by atoms with Gasteiger partial charge in [0.2, 0.25) is 0 Å². The van der Waals surface area contributed by atoms with E-state index < -0.39 is 0 Å². The maximum Gasteiger partial charge on any atom is 0.133 e. The van der Waals surface area contributed by atoms with Crippen molar-refractivity contribution in [3.05, 3.63) is 29.0 Å². The van der Waals surface area contributed by atoms with E-state index in [0.717, 1.165) is 37.7 Å². The van der Waals surface area contributed by atoms with Crippen molar-refractivity contribution in [3.8, 4) is 0 Å². The van der Waals surface area contributed by atoms with E-state index in [1.165, 1.54) is 25.8 Å². The molecule has 2 rings (SSSR count). The lowest BCUT2D eigenvalue weighted by atomic mass is 9.99. The summed E-state index contributed by atoms with van der Waals surface area (Å²) in [4.78, 5) is 6.68. The maximum atomic E-state index is 6.16. The molecule has 4 heteroatoms. The number of hydrogen-bond acceptors (Lipinski definition) is 3. The van der Waals surface area contributed by atoms with E-state index in [1.54, 1.807) is 6.20 Å². The number of rotatable bonds is 6. The molecular weight excluding hydrogens is 258 g/mol. The van der Waals surface area contributed by atoms with Gasteiger partial charge in [-0.1, -0.05) is 24.6 Å². The topological polar surface area (TPSA) is 28.2 Å². The highest BCUT2D eigenvalue weighted by atomic mass is 35.5. The SMILES string of the molecule is CCCN(Cc1cccnc1Cl)CC1CCCNC1. The molecule has 0 aromatic carbocycles. The van der Waals surface area contributed by atoms with Crippen molar-refractivity contribution in [1.82, 2.24) is 15.2 Å². The van der Waals surface area contributed by atoms with Gasteiger partial charge in [-0.25, -0.2) is 4.98 Å². The minimum atomic E-state index is 0.644. The van der Waals surface area contributed by atoms with Crippen molar-refractivity contribution in [2.45, 2.75) is 32.7 Å². The summed E-state index contributed by atoms with van der Waals surface area (Å²) in [5.74, 6) is 0.774. The first-order chi connectivity index (χ1) is 9.29. The molecule has 0 saturated carbocycles. The van der Waals surface area contributed by atoms with Crippen molar-refractivity contribution >= 4 is 11.6 Å². The summed E-state index contributed by atoms with van der Waals surface area (Å²) >= 11 is 6.16. The van der Waals surface area contributed by atoms with Crippen LogP contribution in [0, 0.1) is 5.92 Å². The lowest BCUT2D eigenvalue weighted by molar-refractivity contribution is 0.201. The molecule has 0 spiro atoms. The average molecular weight is 282 g/mol. The van der Waals surface area contributed by atoms with Crippen LogP contribution < -0.4 is 5.32 Å². The molecule has 3 nitrogen and oxygen atoms in total. The number of halogens is 1. The van der Waals surface area contributed by atoms with Gasteiger partial charge in [-0.3, -0.25) is 4.90 Å². The molecular formula is C15H24ClN3. The van der Waals surface area contributed by atoms with Gasteiger partial charge in [0.15, 0.2) is 0 Å². The van der Waals surface area contributed by atoms with Gasteiger partial charge in [-0.15, -0.1) is 0 Å². The van der Waals surface area contributed by atoms with Gasteiger partial charge >= 0.3 is 0 Å². The van der Waals surface area contributed by atoms with Crippen LogP contribution in [0.4, 0.5) is 0 Å². The number of piperidine rings is 1. The zero-order valence-electron chi connectivity index (χ0n) is 11.7. The summed E-state index contributed by atoms with van der Waals surface area (Å²) in [6.07, 6.45) is 5.57. The second-order valence-electron chi connectivity index (χ2n) is 5.40. The molecule has 1 aliphatic rings. The van der Waals surface area contributed by atoms with E-state index in [9.17, 15) is 0 Å². The summed E-state index contributed by atoms with van der Waals surface area (Å²) in [6, 6.07) is 4.05. The molecule has 0 bridgehead atoms. The largest absolute Gasteiger partial charge is 0.316 e. The van der Waals surface area contributed by atoms with E-state index in [0.29, 0.717) is 5.15 Å². The van der Waals surface area contributed by atoms with Crippen LogP contribution in [0.15, 0.2) is 18.3 Å². The van der Waals surface area contributed by atoms with Crippen molar-refractivity contribution in [3.63, 3.8) is 0 Å². The molecule has 1 unspecified atom stereocenters. The fourth-order valence-corrected chi connectivity index (χ4v) is 2.95. The first-order valence-corrected chi connectivity index (χ1v) is 7.70. The van der Waals surface area contributed by atoms with Crippen molar-refractivity contribution < 1.29 is 0 Å². The predicted molar refractivity (Wildman–Crippen MR) is 80.4 cm³/mol. The predicted octanol–water partition coefficient (Wildman–Crippen LogP) is 2.95. The number of nitrogens with one attached hydrogen (secondary N) is 1. The molecule has 1 atom stereocenters. The molecule has 2 heterocycles. The Bertz CT molecular complexity index is 377. The second-order valence-corrected chi connectivity index (χ2v) is 5.76. The highest BCUT2D eigenvalue weighted by Gasteiger charge is 2.17. The van der Waals surface area contributed by atoms with Crippen LogP contribution in [0.2, 0.25) is 5.15 Å². The Hall–Kier alpha value is -0.640. The van der Waals surface area contributed by atoms with Crippen molar-refractivity contribution in [2.24, 2.45) is 5.92 Å². The molecule has 0 amide bonds. The highest BCUT2D eigenvalue weighted by Crippen LogP contribution is 2.17. The lowest BCUT2D eigenvalue weighted by Crippen LogP contribution is -2.38. The monoisotopic (exact) mass is 281 g/mol. The molecule has 19 heavy (non-hydrogen) atoms. The summed E-state index contributed by atoms with van der Waals surface area (Å²) in [5, 5.41) is 4.14. The van der Waals surface area contributed by atoms with Crippen molar-refractivity contribution in [1.29, 1.82) is 0 Å². The number of hydrogen-bond donors (Lipinski definition) is 1. The molecule has 1 N–H and O–H groups in total. The second kappa shape index (κ2) is 7.83. The fraction of sp³-hybridized carbons (Fsp3) is 0.667. The molecule has 1 fully saturated rings. The standard InChI is InChI=1S/C15H24ClN3/c1-2-9-19(11-13-5-3-7-17-10-13)12-14-6-4-8-18-15(14)16/h4,6,8,13,17H,2-3,5,7,9-12H2,1H3. The van der Waals surface area contributed by atoms with Crippen LogP contribution in [0.1, 0.15) is 31.7 Å². The third-order valence-corrected chi connectivity index (χ3v) is 4.03. The number of nitrogens with zero attached hydrogens (tertiary/aromatic N) is 2. The average Bonchev–Trinajstić information content (AvgIpc) is 2.43. The van der Waals surface area contributed by atoms with Gasteiger partial charge in [-0.2, -0.15) is 0 Å². The maximum absolute atomic E-state index is 6.16. The molecule has 106 valence electrons. The molecule has 0 radical (unpaired) electrons. The van der Waals surface area contributed by atoms with E-state index in [4.69, 9.17) is 11.6 Å². The molecule has 1 saturated heterocycles. The first-order valence-electron chi connectivity index (χ1n) is 7.32. The van der Waals surface area contributed by atoms with Gasteiger partial charge in [0, 0.05) is 24.8 Å². The van der Waals surface area contributed by atoms with Crippen molar-refractivity contribution in [2.75, 3.05) is 26.2 Å². The highest BCUT2D eigenvalue weighted by molar-refractivity contribution is 6.30. The summed E-state index contributed by atoms with van der Waals surface area (Å²) in [7, 11) is 0. The Balaban J connectivity index is 1.93. The van der Waals surface area contributed by atoms with Gasteiger partial charge in [0.25, 0.3) is 0 Å². The smallest absolute Gasteiger partial charge is 0.133 e. The normalized spacial score (nSPS) is 19.8. The van der Waals surface area contributed by atoms with Gasteiger partial charge in [-0.05, 0) is 50.9 Å². The van der Waals surface area contributed by atoms with Gasteiger partial charge in [0.1, 0.15) is 5.15 Å². The molecule has 0 aliphatic carbocycles. The molecule has 1 aliphatic heterocycles. The van der Waals surface area contributed by atoms with E-state index in [-0.39, 0.29) is 0 Å². The first kappa shape index (κ1) is 14.8. The van der Waals surface area contributed by atoms with Gasteiger partial charge < -0.3 is 5.32 Å². The van der Waals surface area contributed by atoms with Crippen LogP contribution in [0.3, 0.4) is 0 Å². The number of aromatic nitrogens is 1. The molecule has 1 aromatic heterocycles. The summed E-state index contributed by atoms with van der Waals surface area (Å²) in [6.45, 7) is 7.77. The Morgan fingerprint density at radius 1 is 1.53 bits per heavy atom. The zero-order chi connectivity index (χ0) is 13.5. The van der Waals surface area contributed by atoms with Crippen LogP contribution in [-0.2, 0) is 6.54 Å². The van der Waals surface area contributed by atoms with Crippen LogP contribution in [-0.4, -0.2) is 36.1 Å². The fourth-order valence-electron chi connectivity index (χ4n) is 2.77. The number of pyridine rings is 1. The minimum Gasteiger partial charge on any atom is -0.316 e. The minimum absolute atomic E-state index is 0.644. The van der Waals surface area contributed by atoms with Crippen LogP contribution in [0.25, 0.3) is 0 Å². The Kier molecular flexibility index (Phi) is 6.08. The summed E-state index contributed by atoms with van der Waals surface area (Å²) < 4.78 is 0. The van der Waals surface area contributed by atoms with E-state index in [2.05, 4.69) is 28.2 Å². The van der Waals surface area contributed by atoms with Crippen LogP contribution in [0.5, 0.6) is 0 Å². The lowest BCUT2D eigenvalue weighted by Gasteiger charge is -2.30. The van der Waals surface area contributed by atoms with E-state index in [1.807, 2.05) is 6.07 Å². The molecule has 1 aromatic rings. The Morgan fingerprint density at radius 3 is 3.11 bits per heavy atom. The third kappa shape index (κ3) is 4.75. The van der Waals surface area contributed by atoms with Crippen LogP contribution >= 0.6 is 11.6 Å². The quantitative estimate of drug-likeness (QED) is 0.813. The van der Waals surface area contributed by atoms with E-state index >= 15 is 0 Å². The zero-order valence-corrected chi connectivity index (χ0v) is 12.5. The Labute approximate surface area is 121 Å². The van der Waals surface area contributed by atoms with Gasteiger partial charge in [0.05, 0.1) is 0 Å². The summed E-state index contributed by atoms with van der Waals surface area (Å²) in [5.41, 5.74) is 1.14. The third-order valence-electron chi connectivity index (χ3n) is 3.69.